The topological polar surface area (TPSA) is 67.2 Å². The van der Waals surface area contributed by atoms with Crippen LogP contribution in [0.15, 0.2) is 24.3 Å². The van der Waals surface area contributed by atoms with Crippen molar-refractivity contribution in [2.45, 2.75) is 20.3 Å². The van der Waals surface area contributed by atoms with Crippen LogP contribution in [0.1, 0.15) is 20.3 Å². The van der Waals surface area contributed by atoms with Gasteiger partial charge in [-0.15, -0.1) is 0 Å². The Bertz CT molecular complexity index is 401. The Labute approximate surface area is 107 Å². The predicted octanol–water partition coefficient (Wildman–Crippen LogP) is 2.33. The quantitative estimate of drug-likeness (QED) is 0.718. The first-order valence-electron chi connectivity index (χ1n) is 5.43. The average Bonchev–Trinajstić information content (AvgIpc) is 2.18. The summed E-state index contributed by atoms with van der Waals surface area (Å²) in [5.41, 5.74) is 6.92. The Hall–Kier alpha value is -1.62. The van der Waals surface area contributed by atoms with E-state index in [0.29, 0.717) is 12.3 Å². The molecule has 0 aliphatic heterocycles. The fourth-order valence-corrected chi connectivity index (χ4v) is 1.48. The lowest BCUT2D eigenvalue weighted by atomic mass is 10.1. The Morgan fingerprint density at radius 2 is 1.71 bits per heavy atom. The highest BCUT2D eigenvalue weighted by Crippen LogP contribution is 2.14. The zero-order chi connectivity index (χ0) is 12.8. The summed E-state index contributed by atoms with van der Waals surface area (Å²) in [5.74, 6) is 0.376. The number of hydrogen-bond acceptors (Lipinski definition) is 2. The second-order valence-corrected chi connectivity index (χ2v) is 4.65. The standard InChI is InChI=1S/C12H17N3OS/c1-8(2)7-11(16)14-9-3-5-10(6-4-9)15-12(13)17/h3-6,8H,7H2,1-2H3,(H,14,16)(H3,13,15,17). The molecule has 4 N–H and O–H groups in total. The maximum Gasteiger partial charge on any atom is 0.224 e. The van der Waals surface area contributed by atoms with E-state index in [9.17, 15) is 4.79 Å². The van der Waals surface area contributed by atoms with Gasteiger partial charge in [0.15, 0.2) is 5.11 Å². The lowest BCUT2D eigenvalue weighted by Gasteiger charge is -2.08. The minimum absolute atomic E-state index is 0.0232. The number of rotatable bonds is 4. The van der Waals surface area contributed by atoms with Gasteiger partial charge < -0.3 is 16.4 Å². The SMILES string of the molecule is CC(C)CC(=O)Nc1ccc(NC(N)=S)cc1. The maximum atomic E-state index is 11.5. The lowest BCUT2D eigenvalue weighted by molar-refractivity contribution is -0.116. The molecule has 0 saturated carbocycles. The zero-order valence-electron chi connectivity index (χ0n) is 9.99. The molecule has 0 saturated heterocycles. The summed E-state index contributed by atoms with van der Waals surface area (Å²) < 4.78 is 0. The molecule has 1 rings (SSSR count). The third-order valence-corrected chi connectivity index (χ3v) is 2.13. The van der Waals surface area contributed by atoms with Gasteiger partial charge in [-0.1, -0.05) is 13.8 Å². The molecule has 0 bridgehead atoms. The minimum Gasteiger partial charge on any atom is -0.376 e. The van der Waals surface area contributed by atoms with Gasteiger partial charge in [-0.25, -0.2) is 0 Å². The van der Waals surface area contributed by atoms with Gasteiger partial charge in [-0.3, -0.25) is 4.79 Å². The molecule has 92 valence electrons. The zero-order valence-corrected chi connectivity index (χ0v) is 10.8. The van der Waals surface area contributed by atoms with Crippen molar-refractivity contribution in [2.75, 3.05) is 10.6 Å². The third kappa shape index (κ3) is 5.31. The predicted molar refractivity (Wildman–Crippen MR) is 74.9 cm³/mol. The van der Waals surface area contributed by atoms with E-state index in [0.717, 1.165) is 11.4 Å². The van der Waals surface area contributed by atoms with Gasteiger partial charge in [0.25, 0.3) is 0 Å². The van der Waals surface area contributed by atoms with E-state index in [-0.39, 0.29) is 11.0 Å². The summed E-state index contributed by atoms with van der Waals surface area (Å²) in [5, 5.41) is 5.86. The molecule has 1 amide bonds. The van der Waals surface area contributed by atoms with Crippen LogP contribution in [0.2, 0.25) is 0 Å². The van der Waals surface area contributed by atoms with Crippen molar-refractivity contribution < 1.29 is 4.79 Å². The molecular formula is C12H17N3OS. The maximum absolute atomic E-state index is 11.5. The number of nitrogens with two attached hydrogens (primary N) is 1. The Balaban J connectivity index is 2.56. The molecule has 0 aromatic heterocycles. The molecule has 1 aromatic carbocycles. The molecule has 1 aromatic rings. The number of carbonyl (C=O) groups excluding carboxylic acids is 1. The van der Waals surface area contributed by atoms with E-state index in [1.165, 1.54) is 0 Å². The van der Waals surface area contributed by atoms with Crippen molar-refractivity contribution in [3.05, 3.63) is 24.3 Å². The summed E-state index contributed by atoms with van der Waals surface area (Å²) >= 11 is 4.72. The molecule has 0 aliphatic carbocycles. The van der Waals surface area contributed by atoms with Crippen LogP contribution in [0, 0.1) is 5.92 Å². The molecule has 0 atom stereocenters. The van der Waals surface area contributed by atoms with Crippen molar-refractivity contribution in [1.29, 1.82) is 0 Å². The van der Waals surface area contributed by atoms with Gasteiger partial charge >= 0.3 is 0 Å². The van der Waals surface area contributed by atoms with E-state index in [4.69, 9.17) is 18.0 Å². The van der Waals surface area contributed by atoms with Gasteiger partial charge in [-0.05, 0) is 42.4 Å². The molecular weight excluding hydrogens is 234 g/mol. The van der Waals surface area contributed by atoms with Crippen molar-refractivity contribution in [3.63, 3.8) is 0 Å². The summed E-state index contributed by atoms with van der Waals surface area (Å²) in [6, 6.07) is 7.23. The van der Waals surface area contributed by atoms with Gasteiger partial charge in [0, 0.05) is 17.8 Å². The molecule has 0 aliphatic rings. The Morgan fingerprint density at radius 3 is 2.12 bits per heavy atom. The molecule has 0 heterocycles. The van der Waals surface area contributed by atoms with Gasteiger partial charge in [0.2, 0.25) is 5.91 Å². The lowest BCUT2D eigenvalue weighted by Crippen LogP contribution is -2.19. The molecule has 4 nitrogen and oxygen atoms in total. The minimum atomic E-state index is 0.0232. The van der Waals surface area contributed by atoms with E-state index in [2.05, 4.69) is 10.6 Å². The molecule has 0 fully saturated rings. The molecule has 0 radical (unpaired) electrons. The van der Waals surface area contributed by atoms with Gasteiger partial charge in [0.05, 0.1) is 0 Å². The smallest absolute Gasteiger partial charge is 0.224 e. The number of benzene rings is 1. The van der Waals surface area contributed by atoms with Crippen LogP contribution in [0.25, 0.3) is 0 Å². The number of nitrogens with one attached hydrogen (secondary N) is 2. The van der Waals surface area contributed by atoms with Crippen molar-refractivity contribution >= 4 is 34.6 Å². The summed E-state index contributed by atoms with van der Waals surface area (Å²) in [6.45, 7) is 4.02. The van der Waals surface area contributed by atoms with Crippen molar-refractivity contribution in [3.8, 4) is 0 Å². The molecule has 0 unspecified atom stereocenters. The third-order valence-electron chi connectivity index (χ3n) is 2.03. The van der Waals surface area contributed by atoms with E-state index in [1.54, 1.807) is 12.1 Å². The van der Waals surface area contributed by atoms with Crippen LogP contribution >= 0.6 is 12.2 Å². The Morgan fingerprint density at radius 1 is 1.24 bits per heavy atom. The fraction of sp³-hybridized carbons (Fsp3) is 0.333. The van der Waals surface area contributed by atoms with Crippen LogP contribution in [-0.2, 0) is 4.79 Å². The highest BCUT2D eigenvalue weighted by atomic mass is 32.1. The van der Waals surface area contributed by atoms with Crippen molar-refractivity contribution in [2.24, 2.45) is 11.7 Å². The van der Waals surface area contributed by atoms with Crippen LogP contribution in [0.3, 0.4) is 0 Å². The first-order valence-corrected chi connectivity index (χ1v) is 5.84. The van der Waals surface area contributed by atoms with Gasteiger partial charge in [-0.2, -0.15) is 0 Å². The fourth-order valence-electron chi connectivity index (χ4n) is 1.36. The highest BCUT2D eigenvalue weighted by Gasteiger charge is 2.04. The molecule has 17 heavy (non-hydrogen) atoms. The monoisotopic (exact) mass is 251 g/mol. The molecule has 0 spiro atoms. The first kappa shape index (κ1) is 13.4. The molecule has 5 heteroatoms. The number of thiocarbonyl (C=S) groups is 1. The number of amides is 1. The van der Waals surface area contributed by atoms with E-state index < -0.39 is 0 Å². The summed E-state index contributed by atoms with van der Waals surface area (Å²) in [6.07, 6.45) is 0.521. The van der Waals surface area contributed by atoms with E-state index >= 15 is 0 Å². The van der Waals surface area contributed by atoms with Crippen LogP contribution < -0.4 is 16.4 Å². The number of carbonyl (C=O) groups is 1. The average molecular weight is 251 g/mol. The van der Waals surface area contributed by atoms with E-state index in [1.807, 2.05) is 26.0 Å². The van der Waals surface area contributed by atoms with Crippen LogP contribution in [0.5, 0.6) is 0 Å². The van der Waals surface area contributed by atoms with Crippen LogP contribution in [-0.4, -0.2) is 11.0 Å². The number of anilines is 2. The van der Waals surface area contributed by atoms with Crippen LogP contribution in [0.4, 0.5) is 11.4 Å². The second kappa shape index (κ2) is 6.20. The summed E-state index contributed by atoms with van der Waals surface area (Å²) in [7, 11) is 0. The number of hydrogen-bond donors (Lipinski definition) is 3. The summed E-state index contributed by atoms with van der Waals surface area (Å²) in [4.78, 5) is 11.5. The first-order chi connectivity index (χ1) is 7.97. The normalized spacial score (nSPS) is 10.1. The Kier molecular flexibility index (Phi) is 4.90. The second-order valence-electron chi connectivity index (χ2n) is 4.21. The van der Waals surface area contributed by atoms with Crippen molar-refractivity contribution in [1.82, 2.24) is 0 Å². The largest absolute Gasteiger partial charge is 0.376 e. The highest BCUT2D eigenvalue weighted by molar-refractivity contribution is 7.80. The van der Waals surface area contributed by atoms with Gasteiger partial charge in [0.1, 0.15) is 0 Å².